The summed E-state index contributed by atoms with van der Waals surface area (Å²) < 4.78 is 4.73. The van der Waals surface area contributed by atoms with Crippen LogP contribution in [0.5, 0.6) is 0 Å². The fourth-order valence-corrected chi connectivity index (χ4v) is 1.60. The zero-order valence-electron chi connectivity index (χ0n) is 9.45. The van der Waals surface area contributed by atoms with E-state index in [9.17, 15) is 9.59 Å². The number of hydrogen-bond acceptors (Lipinski definition) is 5. The molecule has 1 aromatic carbocycles. The molecule has 0 unspecified atom stereocenters. The number of Topliss-reactive ketones (excluding diaryl/α,β-unsaturated/α-hetero) is 1. The second-order valence-electron chi connectivity index (χ2n) is 3.60. The summed E-state index contributed by atoms with van der Waals surface area (Å²) in [5.74, 6) is -0.726. The number of nitrogens with two attached hydrogens (primary N) is 1. The van der Waals surface area contributed by atoms with E-state index in [1.54, 1.807) is 30.7 Å². The minimum absolute atomic E-state index is 0.218. The Labute approximate surface area is 98.3 Å². The Morgan fingerprint density at radius 3 is 2.82 bits per heavy atom. The molecule has 0 saturated carbocycles. The van der Waals surface area contributed by atoms with Gasteiger partial charge in [0.2, 0.25) is 0 Å². The van der Waals surface area contributed by atoms with Crippen molar-refractivity contribution in [3.63, 3.8) is 0 Å². The van der Waals surface area contributed by atoms with Crippen LogP contribution in [-0.4, -0.2) is 18.4 Å². The fourth-order valence-electron chi connectivity index (χ4n) is 1.60. The van der Waals surface area contributed by atoms with Crippen molar-refractivity contribution in [1.29, 1.82) is 0 Å². The van der Waals surface area contributed by atoms with E-state index in [1.165, 1.54) is 0 Å². The highest BCUT2D eigenvalue weighted by Crippen LogP contribution is 2.23. The predicted molar refractivity (Wildman–Crippen MR) is 61.2 cm³/mol. The summed E-state index contributed by atoms with van der Waals surface area (Å²) in [4.78, 5) is 23.0. The first-order valence-corrected chi connectivity index (χ1v) is 5.38. The topological polar surface area (TPSA) is 84.0 Å². The Bertz CT molecular complexity index is 459. The Morgan fingerprint density at radius 1 is 1.29 bits per heavy atom. The number of nitrogen functional groups attached to an aromatic ring is 2. The molecule has 0 bridgehead atoms. The number of nitrogens with one attached hydrogen (secondary N) is 2. The monoisotopic (exact) mass is 236 g/mol. The van der Waals surface area contributed by atoms with Gasteiger partial charge in [0.05, 0.1) is 6.61 Å². The van der Waals surface area contributed by atoms with E-state index < -0.39 is 5.97 Å². The molecule has 6 nitrogen and oxygen atoms in total. The Balaban J connectivity index is 2.07. The third kappa shape index (κ3) is 2.54. The lowest BCUT2D eigenvalue weighted by molar-refractivity contribution is -0.588. The van der Waals surface area contributed by atoms with Crippen LogP contribution in [0.1, 0.15) is 23.7 Å². The van der Waals surface area contributed by atoms with E-state index >= 15 is 0 Å². The third-order valence-electron chi connectivity index (χ3n) is 2.41. The number of rotatable bonds is 4. The third-order valence-corrected chi connectivity index (χ3v) is 2.41. The molecule has 6 heteroatoms. The quantitative estimate of drug-likeness (QED) is 0.298. The van der Waals surface area contributed by atoms with Crippen LogP contribution in [0.3, 0.4) is 0 Å². The largest absolute Gasteiger partial charge is 0.466 e. The van der Waals surface area contributed by atoms with E-state index in [2.05, 4.69) is 10.9 Å². The van der Waals surface area contributed by atoms with Crippen LogP contribution in [0.4, 0.5) is 11.4 Å². The van der Waals surface area contributed by atoms with Gasteiger partial charge in [0, 0.05) is 5.56 Å². The number of ether oxygens (including phenoxy) is 1. The lowest BCUT2D eigenvalue weighted by Gasteiger charge is -2.02. The van der Waals surface area contributed by atoms with Gasteiger partial charge >= 0.3 is 5.97 Å². The number of esters is 1. The van der Waals surface area contributed by atoms with Crippen LogP contribution >= 0.6 is 0 Å². The SMILES string of the molecule is CCOC(=O)CC(=O)c1ccc2c(c1)N[NH2+]N2. The van der Waals surface area contributed by atoms with Crippen LogP contribution in [0.2, 0.25) is 0 Å². The molecular weight excluding hydrogens is 222 g/mol. The van der Waals surface area contributed by atoms with Crippen molar-refractivity contribution in [2.45, 2.75) is 13.3 Å². The van der Waals surface area contributed by atoms with E-state index in [4.69, 9.17) is 4.74 Å². The number of benzene rings is 1. The minimum Gasteiger partial charge on any atom is -0.466 e. The van der Waals surface area contributed by atoms with Gasteiger partial charge in [0.25, 0.3) is 0 Å². The Morgan fingerprint density at radius 2 is 2.06 bits per heavy atom. The lowest BCUT2D eigenvalue weighted by Crippen LogP contribution is -2.89. The van der Waals surface area contributed by atoms with Crippen molar-refractivity contribution in [3.8, 4) is 0 Å². The van der Waals surface area contributed by atoms with Gasteiger partial charge < -0.3 is 4.74 Å². The van der Waals surface area contributed by atoms with Crippen LogP contribution in [0.15, 0.2) is 18.2 Å². The number of carbonyl (C=O) groups is 2. The second kappa shape index (κ2) is 4.84. The molecule has 0 radical (unpaired) electrons. The van der Waals surface area contributed by atoms with Gasteiger partial charge in [0.1, 0.15) is 17.8 Å². The molecule has 0 aliphatic carbocycles. The summed E-state index contributed by atoms with van der Waals surface area (Å²) in [6, 6.07) is 5.20. The number of anilines is 2. The summed E-state index contributed by atoms with van der Waals surface area (Å²) in [5.41, 5.74) is 9.89. The summed E-state index contributed by atoms with van der Waals surface area (Å²) in [6.45, 7) is 2.00. The van der Waals surface area contributed by atoms with Crippen LogP contribution in [-0.2, 0) is 9.53 Å². The normalized spacial score (nSPS) is 12.3. The molecule has 0 atom stereocenters. The molecule has 1 aliphatic rings. The van der Waals surface area contributed by atoms with Crippen LogP contribution in [0.25, 0.3) is 0 Å². The first-order valence-electron chi connectivity index (χ1n) is 5.38. The van der Waals surface area contributed by atoms with Gasteiger partial charge in [-0.3, -0.25) is 9.59 Å². The molecule has 90 valence electrons. The number of carbonyl (C=O) groups excluding carboxylic acids is 2. The van der Waals surface area contributed by atoms with Crippen LogP contribution < -0.4 is 16.4 Å². The number of ketones is 1. The zero-order chi connectivity index (χ0) is 12.3. The standard InChI is InChI=1S/C11H13N3O3/c1-2-17-11(16)6-10(15)7-3-4-8-9(5-7)13-14-12-8/h3-5,12-14H,2,6H2,1H3/p+1. The van der Waals surface area contributed by atoms with E-state index in [-0.39, 0.29) is 18.8 Å². The molecule has 2 rings (SSSR count). The fraction of sp³-hybridized carbons (Fsp3) is 0.273. The maximum atomic E-state index is 11.8. The lowest BCUT2D eigenvalue weighted by atomic mass is 10.1. The maximum absolute atomic E-state index is 11.8. The minimum atomic E-state index is -0.490. The molecule has 0 saturated heterocycles. The summed E-state index contributed by atoms with van der Waals surface area (Å²) in [5, 5.41) is 0. The van der Waals surface area contributed by atoms with Crippen molar-refractivity contribution < 1.29 is 19.9 Å². The van der Waals surface area contributed by atoms with E-state index in [0.29, 0.717) is 5.56 Å². The molecular formula is C11H14N3O3+. The van der Waals surface area contributed by atoms with Gasteiger partial charge in [-0.05, 0) is 25.1 Å². The smallest absolute Gasteiger partial charge is 0.313 e. The van der Waals surface area contributed by atoms with E-state index in [1.807, 2.05) is 0 Å². The van der Waals surface area contributed by atoms with Crippen molar-refractivity contribution >= 4 is 23.1 Å². The van der Waals surface area contributed by atoms with Crippen molar-refractivity contribution in [2.24, 2.45) is 0 Å². The molecule has 1 aromatic rings. The molecule has 17 heavy (non-hydrogen) atoms. The average Bonchev–Trinajstić information content (AvgIpc) is 2.75. The summed E-state index contributed by atoms with van der Waals surface area (Å²) in [7, 11) is 0. The second-order valence-corrected chi connectivity index (χ2v) is 3.60. The molecule has 1 heterocycles. The predicted octanol–water partition coefficient (Wildman–Crippen LogP) is 0.0533. The number of quaternary nitrogens is 1. The maximum Gasteiger partial charge on any atom is 0.313 e. The zero-order valence-corrected chi connectivity index (χ0v) is 9.45. The molecule has 0 aromatic heterocycles. The first kappa shape index (κ1) is 11.4. The van der Waals surface area contributed by atoms with Crippen molar-refractivity contribution in [2.75, 3.05) is 17.5 Å². The van der Waals surface area contributed by atoms with Crippen LogP contribution in [0, 0.1) is 0 Å². The molecule has 4 N–H and O–H groups in total. The molecule has 0 amide bonds. The first-order chi connectivity index (χ1) is 8.20. The summed E-state index contributed by atoms with van der Waals surface area (Å²) >= 11 is 0. The Kier molecular flexibility index (Phi) is 3.24. The summed E-state index contributed by atoms with van der Waals surface area (Å²) in [6.07, 6.45) is -0.218. The molecule has 1 aliphatic heterocycles. The number of fused-ring (bicyclic) bond motifs is 1. The van der Waals surface area contributed by atoms with Gasteiger partial charge in [-0.2, -0.15) is 0 Å². The Hall–Kier alpha value is -2.08. The highest BCUT2D eigenvalue weighted by atomic mass is 16.5. The van der Waals surface area contributed by atoms with Gasteiger partial charge in [-0.25, -0.2) is 10.9 Å². The van der Waals surface area contributed by atoms with E-state index in [0.717, 1.165) is 11.4 Å². The van der Waals surface area contributed by atoms with Gasteiger partial charge in [-0.1, -0.05) is 0 Å². The van der Waals surface area contributed by atoms with Gasteiger partial charge in [0.15, 0.2) is 5.78 Å². The van der Waals surface area contributed by atoms with Crippen molar-refractivity contribution in [1.82, 2.24) is 0 Å². The van der Waals surface area contributed by atoms with Gasteiger partial charge in [-0.15, -0.1) is 5.53 Å². The molecule has 0 spiro atoms. The molecule has 0 fully saturated rings. The highest BCUT2D eigenvalue weighted by Gasteiger charge is 2.17. The van der Waals surface area contributed by atoms with Crippen molar-refractivity contribution in [3.05, 3.63) is 23.8 Å². The number of hydrogen-bond donors (Lipinski definition) is 3. The highest BCUT2D eigenvalue weighted by molar-refractivity contribution is 6.06. The average molecular weight is 236 g/mol.